The summed E-state index contributed by atoms with van der Waals surface area (Å²) < 4.78 is 2.38. The first-order valence-corrected chi connectivity index (χ1v) is 8.41. The van der Waals surface area contributed by atoms with E-state index < -0.39 is 0 Å². The first kappa shape index (κ1) is 14.6. The smallest absolute Gasteiger partial charge is 0.0480 e. The minimum absolute atomic E-state index is 0.572. The Bertz CT molecular complexity index is 572. The van der Waals surface area contributed by atoms with Gasteiger partial charge in [0, 0.05) is 24.3 Å². The number of nitrogens with zero attached hydrogens (tertiary/aromatic N) is 1. The number of benzene rings is 1. The molecule has 0 saturated heterocycles. The predicted octanol–water partition coefficient (Wildman–Crippen LogP) is 4.59. The normalized spacial score (nSPS) is 19.1. The fourth-order valence-electron chi connectivity index (χ4n) is 3.49. The Morgan fingerprint density at radius 2 is 1.90 bits per heavy atom. The van der Waals surface area contributed by atoms with Crippen molar-refractivity contribution < 1.29 is 0 Å². The van der Waals surface area contributed by atoms with Crippen LogP contribution < -0.4 is 5.32 Å². The van der Waals surface area contributed by atoms with E-state index in [-0.39, 0.29) is 0 Å². The van der Waals surface area contributed by atoms with E-state index in [1.54, 1.807) is 0 Å². The Kier molecular flexibility index (Phi) is 4.34. The van der Waals surface area contributed by atoms with Crippen LogP contribution in [0.25, 0.3) is 10.9 Å². The lowest BCUT2D eigenvalue weighted by Crippen LogP contribution is -2.36. The van der Waals surface area contributed by atoms with Crippen molar-refractivity contribution in [2.24, 2.45) is 5.41 Å². The molecule has 0 atom stereocenters. The number of hydrogen-bond acceptors (Lipinski definition) is 1. The number of rotatable bonds is 5. The zero-order chi connectivity index (χ0) is 14.7. The molecule has 2 aromatic rings. The monoisotopic (exact) mass is 284 g/mol. The molecule has 0 unspecified atom stereocenters. The highest BCUT2D eigenvalue weighted by atomic mass is 15.0. The van der Waals surface area contributed by atoms with Crippen molar-refractivity contribution in [1.82, 2.24) is 9.88 Å². The summed E-state index contributed by atoms with van der Waals surface area (Å²) in [7, 11) is 0. The van der Waals surface area contributed by atoms with Crippen molar-refractivity contribution >= 4 is 10.9 Å². The van der Waals surface area contributed by atoms with Gasteiger partial charge in [0.2, 0.25) is 0 Å². The molecule has 1 heterocycles. The lowest BCUT2D eigenvalue weighted by atomic mass is 9.75. The van der Waals surface area contributed by atoms with E-state index in [1.165, 1.54) is 43.0 Å². The SMILES string of the molecule is CC1(C)CCC(NCCCn2ccc3ccccc32)CC1. The van der Waals surface area contributed by atoms with Gasteiger partial charge in [0.25, 0.3) is 0 Å². The van der Waals surface area contributed by atoms with Gasteiger partial charge in [-0.1, -0.05) is 32.0 Å². The van der Waals surface area contributed by atoms with E-state index in [0.717, 1.165) is 19.1 Å². The topological polar surface area (TPSA) is 17.0 Å². The number of fused-ring (bicyclic) bond motifs is 1. The summed E-state index contributed by atoms with van der Waals surface area (Å²) in [6.07, 6.45) is 8.85. The third-order valence-corrected chi connectivity index (χ3v) is 5.03. The molecule has 1 N–H and O–H groups in total. The van der Waals surface area contributed by atoms with Gasteiger partial charge in [-0.05, 0) is 61.6 Å². The minimum atomic E-state index is 0.572. The number of nitrogens with one attached hydrogen (secondary N) is 1. The first-order valence-electron chi connectivity index (χ1n) is 8.41. The van der Waals surface area contributed by atoms with Gasteiger partial charge in [-0.3, -0.25) is 0 Å². The molecule has 1 aromatic carbocycles. The van der Waals surface area contributed by atoms with Crippen LogP contribution in [0.2, 0.25) is 0 Å². The van der Waals surface area contributed by atoms with Gasteiger partial charge in [0.1, 0.15) is 0 Å². The van der Waals surface area contributed by atoms with E-state index in [9.17, 15) is 0 Å². The third kappa shape index (κ3) is 3.68. The quantitative estimate of drug-likeness (QED) is 0.795. The molecule has 1 aliphatic rings. The molecule has 1 aliphatic carbocycles. The molecule has 0 amide bonds. The Hall–Kier alpha value is -1.28. The molecule has 114 valence electrons. The Morgan fingerprint density at radius 3 is 2.71 bits per heavy atom. The van der Waals surface area contributed by atoms with E-state index in [2.05, 4.69) is 60.3 Å². The van der Waals surface area contributed by atoms with Gasteiger partial charge >= 0.3 is 0 Å². The molecule has 1 saturated carbocycles. The highest BCUT2D eigenvalue weighted by Gasteiger charge is 2.26. The van der Waals surface area contributed by atoms with Crippen molar-refractivity contribution in [3.63, 3.8) is 0 Å². The maximum Gasteiger partial charge on any atom is 0.0480 e. The van der Waals surface area contributed by atoms with E-state index in [4.69, 9.17) is 0 Å². The van der Waals surface area contributed by atoms with Crippen LogP contribution in [0.15, 0.2) is 36.5 Å². The van der Waals surface area contributed by atoms with Gasteiger partial charge < -0.3 is 9.88 Å². The lowest BCUT2D eigenvalue weighted by molar-refractivity contribution is 0.206. The molecule has 0 spiro atoms. The second kappa shape index (κ2) is 6.23. The molecule has 2 heteroatoms. The number of aryl methyl sites for hydroxylation is 1. The minimum Gasteiger partial charge on any atom is -0.347 e. The van der Waals surface area contributed by atoms with Crippen molar-refractivity contribution in [3.8, 4) is 0 Å². The maximum absolute atomic E-state index is 3.76. The maximum atomic E-state index is 3.76. The highest BCUT2D eigenvalue weighted by Crippen LogP contribution is 2.34. The number of aromatic nitrogens is 1. The summed E-state index contributed by atoms with van der Waals surface area (Å²) >= 11 is 0. The van der Waals surface area contributed by atoms with Gasteiger partial charge in [-0.25, -0.2) is 0 Å². The van der Waals surface area contributed by atoms with Crippen molar-refractivity contribution in [2.75, 3.05) is 6.54 Å². The van der Waals surface area contributed by atoms with Crippen LogP contribution in [-0.2, 0) is 6.54 Å². The molecular formula is C19H28N2. The van der Waals surface area contributed by atoms with Crippen LogP contribution >= 0.6 is 0 Å². The van der Waals surface area contributed by atoms with Gasteiger partial charge in [-0.2, -0.15) is 0 Å². The van der Waals surface area contributed by atoms with Crippen molar-refractivity contribution in [1.29, 1.82) is 0 Å². The van der Waals surface area contributed by atoms with E-state index in [1.807, 2.05) is 0 Å². The first-order chi connectivity index (χ1) is 10.1. The molecular weight excluding hydrogens is 256 g/mol. The average Bonchev–Trinajstić information content (AvgIpc) is 2.88. The molecule has 2 nitrogen and oxygen atoms in total. The zero-order valence-electron chi connectivity index (χ0n) is 13.4. The largest absolute Gasteiger partial charge is 0.347 e. The zero-order valence-corrected chi connectivity index (χ0v) is 13.4. The molecule has 3 rings (SSSR count). The standard InChI is InChI=1S/C19H28N2/c1-19(2)11-8-17(9-12-19)20-13-5-14-21-15-10-16-6-3-4-7-18(16)21/h3-4,6-7,10,15,17,20H,5,8-9,11-14H2,1-2H3. The van der Waals surface area contributed by atoms with Crippen LogP contribution in [0.4, 0.5) is 0 Å². The fraction of sp³-hybridized carbons (Fsp3) is 0.579. The van der Waals surface area contributed by atoms with Crippen LogP contribution in [0.3, 0.4) is 0 Å². The van der Waals surface area contributed by atoms with Crippen LogP contribution in [0.5, 0.6) is 0 Å². The van der Waals surface area contributed by atoms with Crippen molar-refractivity contribution in [2.45, 2.75) is 58.5 Å². The highest BCUT2D eigenvalue weighted by molar-refractivity contribution is 5.79. The predicted molar refractivity (Wildman–Crippen MR) is 90.6 cm³/mol. The van der Waals surface area contributed by atoms with Crippen LogP contribution in [0, 0.1) is 5.41 Å². The van der Waals surface area contributed by atoms with Gasteiger partial charge in [0.15, 0.2) is 0 Å². The second-order valence-corrected chi connectivity index (χ2v) is 7.31. The molecule has 1 fully saturated rings. The van der Waals surface area contributed by atoms with Gasteiger partial charge in [0.05, 0.1) is 0 Å². The van der Waals surface area contributed by atoms with Gasteiger partial charge in [-0.15, -0.1) is 0 Å². The lowest BCUT2D eigenvalue weighted by Gasteiger charge is -2.34. The summed E-state index contributed by atoms with van der Waals surface area (Å²) in [5.41, 5.74) is 1.93. The third-order valence-electron chi connectivity index (χ3n) is 5.03. The molecule has 0 bridgehead atoms. The Labute approximate surface area is 128 Å². The average molecular weight is 284 g/mol. The Balaban J connectivity index is 1.43. The fourth-order valence-corrected chi connectivity index (χ4v) is 3.49. The van der Waals surface area contributed by atoms with Crippen molar-refractivity contribution in [3.05, 3.63) is 36.5 Å². The molecule has 0 aliphatic heterocycles. The summed E-state index contributed by atoms with van der Waals surface area (Å²) in [6, 6.07) is 11.6. The summed E-state index contributed by atoms with van der Waals surface area (Å²) in [5, 5.41) is 5.10. The van der Waals surface area contributed by atoms with Crippen LogP contribution in [0.1, 0.15) is 46.0 Å². The van der Waals surface area contributed by atoms with E-state index in [0.29, 0.717) is 5.41 Å². The molecule has 1 aromatic heterocycles. The summed E-state index contributed by atoms with van der Waals surface area (Å²) in [4.78, 5) is 0. The summed E-state index contributed by atoms with van der Waals surface area (Å²) in [5.74, 6) is 0. The second-order valence-electron chi connectivity index (χ2n) is 7.31. The van der Waals surface area contributed by atoms with Crippen LogP contribution in [-0.4, -0.2) is 17.2 Å². The molecule has 21 heavy (non-hydrogen) atoms. The number of para-hydroxylation sites is 1. The summed E-state index contributed by atoms with van der Waals surface area (Å²) in [6.45, 7) is 7.05. The molecule has 0 radical (unpaired) electrons. The Morgan fingerprint density at radius 1 is 1.14 bits per heavy atom. The van der Waals surface area contributed by atoms with E-state index >= 15 is 0 Å². The number of hydrogen-bond donors (Lipinski definition) is 1.